The smallest absolute Gasteiger partial charge is 0.0178 e. The highest BCUT2D eigenvalue weighted by atomic mass is 14.0. The van der Waals surface area contributed by atoms with Crippen LogP contribution in [0.3, 0.4) is 0 Å². The molecule has 2 rings (SSSR count). The Morgan fingerprint density at radius 3 is 2.56 bits per heavy atom. The summed E-state index contributed by atoms with van der Waals surface area (Å²) >= 11 is 0. The summed E-state index contributed by atoms with van der Waals surface area (Å²) in [4.78, 5) is 0. The van der Waals surface area contributed by atoms with E-state index in [2.05, 4.69) is 61.5 Å². The zero-order valence-electron chi connectivity index (χ0n) is 11.2. The quantitative estimate of drug-likeness (QED) is 0.556. The number of fused-ring (bicyclic) bond motifs is 1. The van der Waals surface area contributed by atoms with Crippen LogP contribution in [0.25, 0.3) is 16.8 Å². The van der Waals surface area contributed by atoms with Crippen molar-refractivity contribution in [2.24, 2.45) is 0 Å². The molecular weight excluding hydrogens is 216 g/mol. The van der Waals surface area contributed by atoms with Crippen LogP contribution >= 0.6 is 0 Å². The first kappa shape index (κ1) is 12.9. The minimum Gasteiger partial charge on any atom is -0.0839 e. The Morgan fingerprint density at radius 1 is 0.889 bits per heavy atom. The van der Waals surface area contributed by atoms with Gasteiger partial charge in [0.15, 0.2) is 0 Å². The highest BCUT2D eigenvalue weighted by molar-refractivity contribution is 5.84. The minimum absolute atomic E-state index is 1.20. The molecule has 0 radical (unpaired) electrons. The largest absolute Gasteiger partial charge is 0.0839 e. The Labute approximate surface area is 110 Å². The molecule has 2 aromatic carbocycles. The molecule has 0 fully saturated rings. The number of rotatable bonds is 6. The van der Waals surface area contributed by atoms with Gasteiger partial charge in [-0.2, -0.15) is 0 Å². The normalized spacial score (nSPS) is 11.4. The monoisotopic (exact) mass is 238 g/mol. The van der Waals surface area contributed by atoms with Crippen LogP contribution in [0.2, 0.25) is 0 Å². The van der Waals surface area contributed by atoms with E-state index in [1.807, 2.05) is 0 Å². The summed E-state index contributed by atoms with van der Waals surface area (Å²) in [6, 6.07) is 15.2. The lowest BCUT2D eigenvalue weighted by atomic mass is 10.1. The summed E-state index contributed by atoms with van der Waals surface area (Å²) < 4.78 is 0. The van der Waals surface area contributed by atoms with Gasteiger partial charge in [0.1, 0.15) is 0 Å². The van der Waals surface area contributed by atoms with Crippen LogP contribution in [-0.2, 0) is 0 Å². The second-order valence-electron chi connectivity index (χ2n) is 4.86. The number of hydrogen-bond acceptors (Lipinski definition) is 0. The molecule has 18 heavy (non-hydrogen) atoms. The van der Waals surface area contributed by atoms with Crippen LogP contribution in [0, 0.1) is 0 Å². The Kier molecular flexibility index (Phi) is 5.01. The van der Waals surface area contributed by atoms with Crippen LogP contribution in [0.5, 0.6) is 0 Å². The van der Waals surface area contributed by atoms with Crippen LogP contribution in [0.15, 0.2) is 48.5 Å². The number of unbranched alkanes of at least 4 members (excludes halogenated alkanes) is 4. The predicted octanol–water partition coefficient (Wildman–Crippen LogP) is 5.82. The minimum atomic E-state index is 1.20. The van der Waals surface area contributed by atoms with Crippen LogP contribution in [0.4, 0.5) is 0 Å². The zero-order chi connectivity index (χ0) is 12.6. The van der Waals surface area contributed by atoms with Gasteiger partial charge < -0.3 is 0 Å². The van der Waals surface area contributed by atoms with E-state index in [1.165, 1.54) is 48.4 Å². The Balaban J connectivity index is 1.93. The van der Waals surface area contributed by atoms with Crippen LogP contribution in [0.1, 0.15) is 44.6 Å². The highest BCUT2D eigenvalue weighted by Crippen LogP contribution is 2.16. The average Bonchev–Trinajstić information content (AvgIpc) is 2.42. The molecule has 0 N–H and O–H groups in total. The van der Waals surface area contributed by atoms with Gasteiger partial charge in [-0.3, -0.25) is 0 Å². The number of benzene rings is 2. The molecule has 0 nitrogen and oxygen atoms in total. The van der Waals surface area contributed by atoms with Gasteiger partial charge in [-0.25, -0.2) is 0 Å². The predicted molar refractivity (Wildman–Crippen MR) is 81.7 cm³/mol. The van der Waals surface area contributed by atoms with Crippen molar-refractivity contribution in [3.05, 3.63) is 54.1 Å². The van der Waals surface area contributed by atoms with Gasteiger partial charge in [0, 0.05) is 0 Å². The van der Waals surface area contributed by atoms with E-state index in [0.29, 0.717) is 0 Å². The van der Waals surface area contributed by atoms with Gasteiger partial charge in [0.2, 0.25) is 0 Å². The van der Waals surface area contributed by atoms with Crippen molar-refractivity contribution in [2.75, 3.05) is 0 Å². The Morgan fingerprint density at radius 2 is 1.72 bits per heavy atom. The molecule has 0 aliphatic carbocycles. The molecule has 0 aromatic heterocycles. The summed E-state index contributed by atoms with van der Waals surface area (Å²) in [6.45, 7) is 2.25. The van der Waals surface area contributed by atoms with Gasteiger partial charge in [0.25, 0.3) is 0 Å². The standard InChI is InChI=1S/C18H22/c1-2-3-4-5-6-7-10-16-13-14-17-11-8-9-12-18(17)15-16/h7-15H,2-6H2,1H3/b10-7+. The van der Waals surface area contributed by atoms with Crippen LogP contribution in [-0.4, -0.2) is 0 Å². The van der Waals surface area contributed by atoms with Crippen molar-refractivity contribution < 1.29 is 0 Å². The van der Waals surface area contributed by atoms with Gasteiger partial charge >= 0.3 is 0 Å². The third-order valence-electron chi connectivity index (χ3n) is 3.31. The van der Waals surface area contributed by atoms with Crippen molar-refractivity contribution in [1.82, 2.24) is 0 Å². The molecule has 0 aliphatic heterocycles. The molecule has 0 amide bonds. The van der Waals surface area contributed by atoms with E-state index in [4.69, 9.17) is 0 Å². The lowest BCUT2D eigenvalue weighted by molar-refractivity contribution is 0.675. The first-order valence-electron chi connectivity index (χ1n) is 7.05. The number of allylic oxidation sites excluding steroid dienone is 1. The van der Waals surface area contributed by atoms with Gasteiger partial charge in [-0.05, 0) is 35.2 Å². The summed E-state index contributed by atoms with van der Waals surface area (Å²) in [6.07, 6.45) is 11.1. The fraction of sp³-hybridized carbons (Fsp3) is 0.333. The molecule has 0 heterocycles. The Hall–Kier alpha value is -1.56. The molecule has 2 aromatic rings. The van der Waals surface area contributed by atoms with Gasteiger partial charge in [0.05, 0.1) is 0 Å². The van der Waals surface area contributed by atoms with E-state index in [1.54, 1.807) is 0 Å². The molecule has 0 spiro atoms. The topological polar surface area (TPSA) is 0 Å². The lowest BCUT2D eigenvalue weighted by Gasteiger charge is -1.99. The SMILES string of the molecule is CCCCCC/C=C/c1ccc2ccccc2c1. The average molecular weight is 238 g/mol. The van der Waals surface area contributed by atoms with Crippen LogP contribution < -0.4 is 0 Å². The second kappa shape index (κ2) is 7.00. The molecule has 0 heteroatoms. The van der Waals surface area contributed by atoms with E-state index < -0.39 is 0 Å². The third kappa shape index (κ3) is 3.73. The van der Waals surface area contributed by atoms with E-state index in [9.17, 15) is 0 Å². The zero-order valence-corrected chi connectivity index (χ0v) is 11.2. The first-order chi connectivity index (χ1) is 8.90. The van der Waals surface area contributed by atoms with Crippen molar-refractivity contribution in [1.29, 1.82) is 0 Å². The molecule has 0 atom stereocenters. The summed E-state index contributed by atoms with van der Waals surface area (Å²) in [5.74, 6) is 0. The van der Waals surface area contributed by atoms with Gasteiger partial charge in [-0.1, -0.05) is 74.7 Å². The molecule has 0 unspecified atom stereocenters. The first-order valence-corrected chi connectivity index (χ1v) is 7.05. The highest BCUT2D eigenvalue weighted by Gasteiger charge is 1.92. The fourth-order valence-electron chi connectivity index (χ4n) is 2.22. The van der Waals surface area contributed by atoms with E-state index in [-0.39, 0.29) is 0 Å². The Bertz CT molecular complexity index is 508. The second-order valence-corrected chi connectivity index (χ2v) is 4.86. The van der Waals surface area contributed by atoms with Crippen molar-refractivity contribution >= 4 is 16.8 Å². The molecule has 94 valence electrons. The third-order valence-corrected chi connectivity index (χ3v) is 3.31. The fourth-order valence-corrected chi connectivity index (χ4v) is 2.22. The molecule has 0 aliphatic rings. The van der Waals surface area contributed by atoms with Crippen molar-refractivity contribution in [2.45, 2.75) is 39.0 Å². The molecule has 0 saturated heterocycles. The van der Waals surface area contributed by atoms with Crippen molar-refractivity contribution in [3.63, 3.8) is 0 Å². The summed E-state index contributed by atoms with van der Waals surface area (Å²) in [5, 5.41) is 2.64. The van der Waals surface area contributed by atoms with E-state index >= 15 is 0 Å². The van der Waals surface area contributed by atoms with E-state index in [0.717, 1.165) is 0 Å². The molecular formula is C18H22. The number of hydrogen-bond donors (Lipinski definition) is 0. The summed E-state index contributed by atoms with van der Waals surface area (Å²) in [7, 11) is 0. The maximum Gasteiger partial charge on any atom is -0.0178 e. The molecule has 0 bridgehead atoms. The van der Waals surface area contributed by atoms with Gasteiger partial charge in [-0.15, -0.1) is 0 Å². The lowest BCUT2D eigenvalue weighted by Crippen LogP contribution is -1.76. The maximum absolute atomic E-state index is 2.31. The maximum atomic E-state index is 2.31. The summed E-state index contributed by atoms with van der Waals surface area (Å²) in [5.41, 5.74) is 1.31. The molecule has 0 saturated carbocycles. The van der Waals surface area contributed by atoms with Crippen molar-refractivity contribution in [3.8, 4) is 0 Å².